The third-order valence-electron chi connectivity index (χ3n) is 0.978. The Kier molecular flexibility index (Phi) is 2.31. The summed E-state index contributed by atoms with van der Waals surface area (Å²) in [5.41, 5.74) is 0.593. The van der Waals surface area contributed by atoms with Gasteiger partial charge < -0.3 is 0 Å². The van der Waals surface area contributed by atoms with Crippen molar-refractivity contribution in [3.63, 3.8) is 0 Å². The lowest BCUT2D eigenvalue weighted by Gasteiger charge is -1.86. The average molecular weight is 134 g/mol. The van der Waals surface area contributed by atoms with Crippen LogP contribution in [-0.4, -0.2) is 6.29 Å². The number of hydrogen-bond acceptors (Lipinski definition) is 3. The van der Waals surface area contributed by atoms with E-state index in [1.54, 1.807) is 18.2 Å². The number of allylic oxidation sites excluding steroid dienone is 4. The van der Waals surface area contributed by atoms with Crippen LogP contribution in [0.3, 0.4) is 0 Å². The van der Waals surface area contributed by atoms with Crippen molar-refractivity contribution < 1.29 is 4.79 Å². The van der Waals surface area contributed by atoms with Crippen molar-refractivity contribution in [2.45, 2.75) is 0 Å². The van der Waals surface area contributed by atoms with E-state index in [1.807, 2.05) is 0 Å². The van der Waals surface area contributed by atoms with Gasteiger partial charge in [-0.2, -0.15) is 10.2 Å². The monoisotopic (exact) mass is 134 g/mol. The number of rotatable bonds is 1. The fraction of sp³-hybridized carbons (Fsp3) is 0. The van der Waals surface area contributed by atoms with Crippen LogP contribution < -0.4 is 0 Å². The summed E-state index contributed by atoms with van der Waals surface area (Å²) in [7, 11) is 0. The molecule has 1 rings (SSSR count). The highest BCUT2D eigenvalue weighted by atomic mass is 16.1. The first kappa shape index (κ1) is 6.61. The maximum atomic E-state index is 10.2. The molecule has 10 heavy (non-hydrogen) atoms. The lowest BCUT2D eigenvalue weighted by atomic mass is 10.2. The van der Waals surface area contributed by atoms with Crippen LogP contribution in [0.15, 0.2) is 46.4 Å². The Labute approximate surface area is 58.5 Å². The minimum atomic E-state index is 0.593. The molecule has 0 aromatic carbocycles. The van der Waals surface area contributed by atoms with Crippen molar-refractivity contribution in [3.05, 3.63) is 36.2 Å². The van der Waals surface area contributed by atoms with E-state index in [0.717, 1.165) is 6.29 Å². The molecule has 0 unspecified atom stereocenters. The minimum absolute atomic E-state index is 0.593. The minimum Gasteiger partial charge on any atom is -0.298 e. The Morgan fingerprint density at radius 1 is 1.30 bits per heavy atom. The van der Waals surface area contributed by atoms with Crippen LogP contribution in [0.4, 0.5) is 0 Å². The van der Waals surface area contributed by atoms with Gasteiger partial charge in [0.2, 0.25) is 0 Å². The quantitative estimate of drug-likeness (QED) is 0.502. The fourth-order valence-corrected chi connectivity index (χ4v) is 0.523. The zero-order valence-corrected chi connectivity index (χ0v) is 5.27. The highest BCUT2D eigenvalue weighted by Crippen LogP contribution is 1.97. The summed E-state index contributed by atoms with van der Waals surface area (Å²) in [6.45, 7) is 0. The zero-order valence-electron chi connectivity index (χ0n) is 5.27. The first-order valence-corrected chi connectivity index (χ1v) is 2.82. The van der Waals surface area contributed by atoms with Crippen molar-refractivity contribution in [1.29, 1.82) is 0 Å². The molecule has 50 valence electrons. The second-order valence-electron chi connectivity index (χ2n) is 1.67. The second-order valence-corrected chi connectivity index (χ2v) is 1.67. The smallest absolute Gasteiger partial charge is 0.150 e. The predicted molar refractivity (Wildman–Crippen MR) is 37.3 cm³/mol. The predicted octanol–water partition coefficient (Wildman–Crippen LogP) is 1.60. The molecule has 0 aromatic heterocycles. The summed E-state index contributed by atoms with van der Waals surface area (Å²) in [5, 5.41) is 7.18. The van der Waals surface area contributed by atoms with E-state index in [2.05, 4.69) is 10.2 Å². The molecule has 3 heteroatoms. The van der Waals surface area contributed by atoms with E-state index in [0.29, 0.717) is 5.57 Å². The maximum Gasteiger partial charge on any atom is 0.150 e. The van der Waals surface area contributed by atoms with Crippen LogP contribution >= 0.6 is 0 Å². The van der Waals surface area contributed by atoms with Crippen LogP contribution in [0, 0.1) is 0 Å². The summed E-state index contributed by atoms with van der Waals surface area (Å²) < 4.78 is 0. The molecule has 3 nitrogen and oxygen atoms in total. The van der Waals surface area contributed by atoms with Gasteiger partial charge in [0, 0.05) is 11.8 Å². The molecule has 0 fully saturated rings. The Morgan fingerprint density at radius 2 is 2.10 bits per heavy atom. The summed E-state index contributed by atoms with van der Waals surface area (Å²) in [4.78, 5) is 10.2. The van der Waals surface area contributed by atoms with Gasteiger partial charge in [-0.25, -0.2) is 0 Å². The van der Waals surface area contributed by atoms with Crippen LogP contribution in [0.25, 0.3) is 0 Å². The van der Waals surface area contributed by atoms with Gasteiger partial charge in [0.1, 0.15) is 6.29 Å². The number of aldehydes is 1. The summed E-state index contributed by atoms with van der Waals surface area (Å²) in [6.07, 6.45) is 8.69. The number of carbonyl (C=O) groups is 1. The zero-order chi connectivity index (χ0) is 7.23. The molecule has 1 aliphatic heterocycles. The topological polar surface area (TPSA) is 41.8 Å². The van der Waals surface area contributed by atoms with Gasteiger partial charge in [-0.1, -0.05) is 6.08 Å². The Morgan fingerprint density at radius 3 is 2.90 bits per heavy atom. The maximum absolute atomic E-state index is 10.2. The van der Waals surface area contributed by atoms with Crippen LogP contribution in [0.2, 0.25) is 0 Å². The summed E-state index contributed by atoms with van der Waals surface area (Å²) in [6, 6.07) is 0. The van der Waals surface area contributed by atoms with E-state index >= 15 is 0 Å². The number of nitrogens with zero attached hydrogens (tertiary/aromatic N) is 2. The van der Waals surface area contributed by atoms with Gasteiger partial charge in [-0.3, -0.25) is 4.79 Å². The molecule has 0 N–H and O–H groups in total. The molecule has 0 saturated carbocycles. The number of hydrogen-bond donors (Lipinski definition) is 0. The summed E-state index contributed by atoms with van der Waals surface area (Å²) >= 11 is 0. The van der Waals surface area contributed by atoms with Gasteiger partial charge in [0.05, 0.1) is 6.20 Å². The highest BCUT2D eigenvalue weighted by molar-refractivity contribution is 5.77. The average Bonchev–Trinajstić information content (AvgIpc) is 1.87. The largest absolute Gasteiger partial charge is 0.298 e. The van der Waals surface area contributed by atoms with Gasteiger partial charge in [-0.05, 0) is 12.2 Å². The van der Waals surface area contributed by atoms with Crippen molar-refractivity contribution in [1.82, 2.24) is 0 Å². The molecule has 0 saturated heterocycles. The standard InChI is InChI=1S/C7H6N2O/c10-6-7-2-1-4-8-9-5-3-7/h1-6H. The normalized spacial score (nSPS) is 15.8. The molecule has 1 heterocycles. The lowest BCUT2D eigenvalue weighted by molar-refractivity contribution is -0.104. The van der Waals surface area contributed by atoms with Crippen molar-refractivity contribution in [2.24, 2.45) is 10.2 Å². The van der Waals surface area contributed by atoms with E-state index in [1.165, 1.54) is 12.4 Å². The second kappa shape index (κ2) is 3.50. The Bertz CT molecular complexity index is 236. The lowest BCUT2D eigenvalue weighted by Crippen LogP contribution is -1.77. The molecular formula is C7H6N2O. The Balaban J connectivity index is 2.82. The SMILES string of the molecule is O=CC1=CC=CN=NC=C1. The first-order valence-electron chi connectivity index (χ1n) is 2.82. The molecule has 0 bridgehead atoms. The molecular weight excluding hydrogens is 128 g/mol. The van der Waals surface area contributed by atoms with Crippen LogP contribution in [0.1, 0.15) is 0 Å². The third kappa shape index (κ3) is 1.78. The molecule has 0 aromatic rings. The molecule has 0 amide bonds. The molecule has 0 radical (unpaired) electrons. The molecule has 1 aliphatic rings. The van der Waals surface area contributed by atoms with Crippen molar-refractivity contribution >= 4 is 6.29 Å². The highest BCUT2D eigenvalue weighted by Gasteiger charge is 1.85. The fourth-order valence-electron chi connectivity index (χ4n) is 0.523. The van der Waals surface area contributed by atoms with E-state index < -0.39 is 0 Å². The van der Waals surface area contributed by atoms with Crippen molar-refractivity contribution in [2.75, 3.05) is 0 Å². The van der Waals surface area contributed by atoms with Crippen LogP contribution in [0.5, 0.6) is 0 Å². The Hall–Kier alpha value is -1.51. The molecule has 0 atom stereocenters. The van der Waals surface area contributed by atoms with Crippen molar-refractivity contribution in [3.8, 4) is 0 Å². The summed E-state index contributed by atoms with van der Waals surface area (Å²) in [5.74, 6) is 0. The van der Waals surface area contributed by atoms with E-state index in [-0.39, 0.29) is 0 Å². The number of carbonyl (C=O) groups excluding carboxylic acids is 1. The van der Waals surface area contributed by atoms with Crippen LogP contribution in [-0.2, 0) is 4.79 Å². The first-order chi connectivity index (χ1) is 4.93. The van der Waals surface area contributed by atoms with E-state index in [9.17, 15) is 4.79 Å². The van der Waals surface area contributed by atoms with Gasteiger partial charge in [-0.15, -0.1) is 0 Å². The third-order valence-corrected chi connectivity index (χ3v) is 0.978. The van der Waals surface area contributed by atoms with Gasteiger partial charge in [0.15, 0.2) is 0 Å². The van der Waals surface area contributed by atoms with E-state index in [4.69, 9.17) is 0 Å². The van der Waals surface area contributed by atoms with Gasteiger partial charge in [0.25, 0.3) is 0 Å². The number of azo groups is 1. The molecule has 0 spiro atoms. The van der Waals surface area contributed by atoms with Gasteiger partial charge >= 0.3 is 0 Å². The molecule has 0 aliphatic carbocycles.